The zero-order valence-electron chi connectivity index (χ0n) is 15.6. The van der Waals surface area contributed by atoms with Gasteiger partial charge in [-0.3, -0.25) is 9.69 Å². The lowest BCUT2D eigenvalue weighted by atomic mass is 10.0. The Bertz CT molecular complexity index is 1070. The van der Waals surface area contributed by atoms with Gasteiger partial charge in [0.15, 0.2) is 5.43 Å². The highest BCUT2D eigenvalue weighted by Crippen LogP contribution is 2.29. The van der Waals surface area contributed by atoms with Crippen LogP contribution in [-0.2, 0) is 6.54 Å². The van der Waals surface area contributed by atoms with E-state index in [0.717, 1.165) is 36.7 Å². The number of carbonyl (C=O) groups is 1. The summed E-state index contributed by atoms with van der Waals surface area (Å²) in [5.74, 6) is 0.693. The highest BCUT2D eigenvalue weighted by molar-refractivity contribution is 5.95. The third kappa shape index (κ3) is 3.77. The van der Waals surface area contributed by atoms with Crippen LogP contribution in [0.3, 0.4) is 0 Å². The minimum absolute atomic E-state index is 0.0393. The van der Waals surface area contributed by atoms with Crippen molar-refractivity contribution in [2.24, 2.45) is 0 Å². The zero-order valence-corrected chi connectivity index (χ0v) is 15.6. The molecule has 6 heteroatoms. The molecule has 3 heterocycles. The molecule has 1 saturated heterocycles. The summed E-state index contributed by atoms with van der Waals surface area (Å²) in [6.07, 6.45) is 0.981. The van der Waals surface area contributed by atoms with E-state index in [0.29, 0.717) is 23.8 Å². The van der Waals surface area contributed by atoms with Crippen molar-refractivity contribution in [3.05, 3.63) is 81.5 Å². The van der Waals surface area contributed by atoms with Gasteiger partial charge in [0.05, 0.1) is 12.1 Å². The summed E-state index contributed by atoms with van der Waals surface area (Å²) in [4.78, 5) is 28.8. The predicted molar refractivity (Wildman–Crippen MR) is 106 cm³/mol. The highest BCUT2D eigenvalue weighted by atomic mass is 16.4. The molecule has 4 rings (SSSR count). The molecule has 3 aromatic rings. The second-order valence-corrected chi connectivity index (χ2v) is 7.29. The van der Waals surface area contributed by atoms with E-state index in [1.54, 1.807) is 36.4 Å². The number of pyridine rings is 1. The number of rotatable bonds is 5. The summed E-state index contributed by atoms with van der Waals surface area (Å²) >= 11 is 0. The standard InChI is InChI=1S/C22H22N2O4/c1-14-10-16(25)11-20(23-14)15-8-9-24(12-15)13-17-6-7-21(28-17)18-4-2-3-5-19(18)22(26)27/h2-7,10-11,15H,8-9,12-13H2,1H3,(H,23,25)(H,26,27)/t15-/m0/s1. The summed E-state index contributed by atoms with van der Waals surface area (Å²) in [6.45, 7) is 4.32. The molecule has 2 aromatic heterocycles. The first-order chi connectivity index (χ1) is 13.5. The molecule has 6 nitrogen and oxygen atoms in total. The Hall–Kier alpha value is -3.12. The molecule has 1 aliphatic heterocycles. The monoisotopic (exact) mass is 378 g/mol. The van der Waals surface area contributed by atoms with Crippen LogP contribution in [-0.4, -0.2) is 34.0 Å². The summed E-state index contributed by atoms with van der Waals surface area (Å²) < 4.78 is 5.94. The number of benzene rings is 1. The number of H-pyrrole nitrogens is 1. The fourth-order valence-corrected chi connectivity index (χ4v) is 3.87. The Balaban J connectivity index is 1.47. The summed E-state index contributed by atoms with van der Waals surface area (Å²) in [6, 6.07) is 13.9. The maximum atomic E-state index is 11.8. The quantitative estimate of drug-likeness (QED) is 0.708. The lowest BCUT2D eigenvalue weighted by molar-refractivity contribution is 0.0697. The average Bonchev–Trinajstić information content (AvgIpc) is 3.31. The molecular formula is C22H22N2O4. The van der Waals surface area contributed by atoms with Gasteiger partial charge in [-0.15, -0.1) is 0 Å². The van der Waals surface area contributed by atoms with E-state index in [2.05, 4.69) is 9.88 Å². The van der Waals surface area contributed by atoms with Crippen molar-refractivity contribution in [1.29, 1.82) is 0 Å². The van der Waals surface area contributed by atoms with Gasteiger partial charge in [0.25, 0.3) is 0 Å². The number of carboxylic acids is 1. The molecule has 2 N–H and O–H groups in total. The molecule has 1 aliphatic rings. The van der Waals surface area contributed by atoms with Gasteiger partial charge in [0.2, 0.25) is 0 Å². The fraction of sp³-hybridized carbons (Fsp3) is 0.273. The number of aromatic amines is 1. The van der Waals surface area contributed by atoms with Crippen molar-refractivity contribution < 1.29 is 14.3 Å². The van der Waals surface area contributed by atoms with Gasteiger partial charge in [0, 0.05) is 41.5 Å². The first-order valence-corrected chi connectivity index (χ1v) is 9.34. The molecule has 0 aliphatic carbocycles. The Kier molecular flexibility index (Phi) is 4.88. The van der Waals surface area contributed by atoms with Crippen LogP contribution in [0, 0.1) is 6.92 Å². The Labute approximate surface area is 162 Å². The maximum Gasteiger partial charge on any atom is 0.336 e. The average molecular weight is 378 g/mol. The molecule has 0 spiro atoms. The van der Waals surface area contributed by atoms with Gasteiger partial charge >= 0.3 is 5.97 Å². The van der Waals surface area contributed by atoms with E-state index in [-0.39, 0.29) is 11.0 Å². The highest BCUT2D eigenvalue weighted by Gasteiger charge is 2.25. The van der Waals surface area contributed by atoms with E-state index in [1.165, 1.54) is 0 Å². The summed E-state index contributed by atoms with van der Waals surface area (Å²) in [5.41, 5.74) is 2.72. The molecule has 144 valence electrons. The second kappa shape index (κ2) is 7.48. The van der Waals surface area contributed by atoms with E-state index in [4.69, 9.17) is 4.42 Å². The number of nitrogens with zero attached hydrogens (tertiary/aromatic N) is 1. The predicted octanol–water partition coefficient (Wildman–Crippen LogP) is 3.63. The Morgan fingerprint density at radius 3 is 2.86 bits per heavy atom. The van der Waals surface area contributed by atoms with Crippen LogP contribution in [0.15, 0.2) is 57.7 Å². The van der Waals surface area contributed by atoms with Crippen molar-refractivity contribution >= 4 is 5.97 Å². The van der Waals surface area contributed by atoms with E-state index in [1.807, 2.05) is 19.1 Å². The number of hydrogen-bond donors (Lipinski definition) is 2. The van der Waals surface area contributed by atoms with Gasteiger partial charge in [-0.2, -0.15) is 0 Å². The fourth-order valence-electron chi connectivity index (χ4n) is 3.87. The van der Waals surface area contributed by atoms with Gasteiger partial charge in [-0.25, -0.2) is 4.79 Å². The Morgan fingerprint density at radius 2 is 2.07 bits per heavy atom. The SMILES string of the molecule is Cc1cc(=O)cc([C@H]2CCN(Cc3ccc(-c4ccccc4C(=O)O)o3)C2)[nH]1. The zero-order chi connectivity index (χ0) is 19.7. The molecule has 0 radical (unpaired) electrons. The van der Waals surface area contributed by atoms with Gasteiger partial charge in [0.1, 0.15) is 11.5 Å². The van der Waals surface area contributed by atoms with E-state index < -0.39 is 5.97 Å². The third-order valence-electron chi connectivity index (χ3n) is 5.17. The van der Waals surface area contributed by atoms with Crippen molar-refractivity contribution in [3.8, 4) is 11.3 Å². The number of carboxylic acid groups (broad SMARTS) is 1. The van der Waals surface area contributed by atoms with E-state index in [9.17, 15) is 14.7 Å². The summed E-state index contributed by atoms with van der Waals surface area (Å²) in [7, 11) is 0. The van der Waals surface area contributed by atoms with Crippen LogP contribution in [0.25, 0.3) is 11.3 Å². The minimum atomic E-state index is -0.969. The normalized spacial score (nSPS) is 17.1. The van der Waals surface area contributed by atoms with Crippen molar-refractivity contribution in [2.45, 2.75) is 25.8 Å². The first kappa shape index (κ1) is 18.3. The number of hydrogen-bond acceptors (Lipinski definition) is 4. The number of likely N-dealkylation sites (tertiary alicyclic amines) is 1. The molecule has 0 saturated carbocycles. The van der Waals surface area contributed by atoms with Crippen LogP contribution in [0.2, 0.25) is 0 Å². The van der Waals surface area contributed by atoms with Gasteiger partial charge in [-0.05, 0) is 38.1 Å². The van der Waals surface area contributed by atoms with Crippen molar-refractivity contribution in [1.82, 2.24) is 9.88 Å². The minimum Gasteiger partial charge on any atom is -0.478 e. The first-order valence-electron chi connectivity index (χ1n) is 9.34. The van der Waals surface area contributed by atoms with Crippen molar-refractivity contribution in [2.75, 3.05) is 13.1 Å². The number of aryl methyl sites for hydroxylation is 1. The molecule has 1 aromatic carbocycles. The van der Waals surface area contributed by atoms with E-state index >= 15 is 0 Å². The number of aromatic carboxylic acids is 1. The molecule has 0 bridgehead atoms. The van der Waals surface area contributed by atoms with Crippen LogP contribution in [0.5, 0.6) is 0 Å². The molecule has 1 atom stereocenters. The van der Waals surface area contributed by atoms with Crippen LogP contribution >= 0.6 is 0 Å². The molecule has 28 heavy (non-hydrogen) atoms. The van der Waals surface area contributed by atoms with Gasteiger partial charge in [-0.1, -0.05) is 18.2 Å². The largest absolute Gasteiger partial charge is 0.478 e. The third-order valence-corrected chi connectivity index (χ3v) is 5.17. The maximum absolute atomic E-state index is 11.8. The summed E-state index contributed by atoms with van der Waals surface area (Å²) in [5, 5.41) is 9.36. The van der Waals surface area contributed by atoms with Crippen LogP contribution < -0.4 is 5.43 Å². The second-order valence-electron chi connectivity index (χ2n) is 7.29. The van der Waals surface area contributed by atoms with Crippen LogP contribution in [0.1, 0.15) is 39.8 Å². The molecule has 0 amide bonds. The molecular weight excluding hydrogens is 356 g/mol. The smallest absolute Gasteiger partial charge is 0.336 e. The van der Waals surface area contributed by atoms with Crippen molar-refractivity contribution in [3.63, 3.8) is 0 Å². The molecule has 1 fully saturated rings. The number of furan rings is 1. The lowest BCUT2D eigenvalue weighted by Crippen LogP contribution is -2.20. The van der Waals surface area contributed by atoms with Crippen LogP contribution in [0.4, 0.5) is 0 Å². The lowest BCUT2D eigenvalue weighted by Gasteiger charge is -2.15. The van der Waals surface area contributed by atoms with Gasteiger partial charge < -0.3 is 14.5 Å². The number of aromatic nitrogens is 1. The topological polar surface area (TPSA) is 86.5 Å². The number of nitrogens with one attached hydrogen (secondary N) is 1. The Morgan fingerprint density at radius 1 is 1.25 bits per heavy atom. The molecule has 0 unspecified atom stereocenters.